The molecule has 0 fully saturated rings. The summed E-state index contributed by atoms with van der Waals surface area (Å²) in [6, 6.07) is 13.6. The quantitative estimate of drug-likeness (QED) is 0.306. The third kappa shape index (κ3) is 2.45. The van der Waals surface area contributed by atoms with Gasteiger partial charge in [-0.1, -0.05) is 42.5 Å². The van der Waals surface area contributed by atoms with Gasteiger partial charge in [-0.3, -0.25) is 0 Å². The van der Waals surface area contributed by atoms with E-state index < -0.39 is 39.2 Å². The van der Waals surface area contributed by atoms with Crippen LogP contribution in [0.1, 0.15) is 17.0 Å². The van der Waals surface area contributed by atoms with Crippen molar-refractivity contribution in [3.05, 3.63) is 81.3 Å². The van der Waals surface area contributed by atoms with Crippen LogP contribution in [0, 0.1) is 34.6 Å². The molecule has 0 heterocycles. The van der Waals surface area contributed by atoms with Crippen LogP contribution in [0.3, 0.4) is 0 Å². The molecule has 3 aromatic rings. The van der Waals surface area contributed by atoms with Crippen LogP contribution in [0.15, 0.2) is 46.9 Å². The molecule has 0 saturated heterocycles. The van der Waals surface area contributed by atoms with Gasteiger partial charge in [-0.25, -0.2) is 17.6 Å². The summed E-state index contributed by atoms with van der Waals surface area (Å²) in [7, 11) is 0. The van der Waals surface area contributed by atoms with Crippen LogP contribution in [0.4, 0.5) is 17.6 Å². The number of nitriles is 1. The van der Waals surface area contributed by atoms with Gasteiger partial charge in [0.15, 0.2) is 23.3 Å². The largest absolute Gasteiger partial charge is 0.203 e. The number of fused-ring (bicyclic) bond motifs is 1. The zero-order chi connectivity index (χ0) is 17.4. The highest BCUT2D eigenvalue weighted by Gasteiger charge is 2.30. The molecule has 6 heteroatoms. The number of hydrogen-bond donors (Lipinski definition) is 0. The Balaban J connectivity index is 2.34. The minimum absolute atomic E-state index is 0.273. The topological polar surface area (TPSA) is 23.8 Å². The molecule has 0 aliphatic carbocycles. The Morgan fingerprint density at radius 1 is 0.833 bits per heavy atom. The predicted molar refractivity (Wildman–Crippen MR) is 85.4 cm³/mol. The lowest BCUT2D eigenvalue weighted by molar-refractivity contribution is 0.432. The molecule has 1 nitrogen and oxygen atoms in total. The van der Waals surface area contributed by atoms with Gasteiger partial charge in [0, 0.05) is 0 Å². The molecule has 24 heavy (non-hydrogen) atoms. The Hall–Kier alpha value is -2.39. The number of rotatable bonds is 2. The molecule has 0 aliphatic rings. The van der Waals surface area contributed by atoms with E-state index in [0.29, 0.717) is 5.39 Å². The Labute approximate surface area is 143 Å². The fourth-order valence-corrected chi connectivity index (χ4v) is 3.02. The zero-order valence-corrected chi connectivity index (χ0v) is 13.5. The molecule has 3 aromatic carbocycles. The van der Waals surface area contributed by atoms with Crippen LogP contribution in [0.25, 0.3) is 10.8 Å². The third-order valence-electron chi connectivity index (χ3n) is 3.80. The Morgan fingerprint density at radius 2 is 1.42 bits per heavy atom. The first kappa shape index (κ1) is 16.5. The summed E-state index contributed by atoms with van der Waals surface area (Å²) >= 11 is 2.47. The molecule has 0 aromatic heterocycles. The maximum atomic E-state index is 14.3. The Morgan fingerprint density at radius 3 is 2.04 bits per heavy atom. The summed E-state index contributed by atoms with van der Waals surface area (Å²) in [6.07, 6.45) is 0. The first-order valence-electron chi connectivity index (χ1n) is 6.86. The van der Waals surface area contributed by atoms with E-state index in [1.54, 1.807) is 42.5 Å². The van der Waals surface area contributed by atoms with Crippen molar-refractivity contribution in [3.63, 3.8) is 0 Å². The van der Waals surface area contributed by atoms with Gasteiger partial charge in [-0.2, -0.15) is 5.26 Å². The minimum Gasteiger partial charge on any atom is -0.203 e. The van der Waals surface area contributed by atoms with E-state index >= 15 is 0 Å². The van der Waals surface area contributed by atoms with Crippen molar-refractivity contribution in [2.75, 3.05) is 0 Å². The smallest absolute Gasteiger partial charge is 0.176 e. The Bertz CT molecular complexity index is 960. The standard InChI is InChI=1S/C18H8BrF4N/c19-14-17(22)15(20)13(16(21)18(14)23)12(8-24)11-7-3-5-9-4-1-2-6-10(9)11/h1-7,12H. The van der Waals surface area contributed by atoms with Crippen LogP contribution in [0.5, 0.6) is 0 Å². The lowest BCUT2D eigenvalue weighted by Gasteiger charge is -2.16. The molecule has 0 radical (unpaired) electrons. The Kier molecular flexibility index (Phi) is 4.29. The van der Waals surface area contributed by atoms with Crippen molar-refractivity contribution < 1.29 is 17.6 Å². The van der Waals surface area contributed by atoms with E-state index in [1.165, 1.54) is 6.07 Å². The summed E-state index contributed by atoms with van der Waals surface area (Å²) in [5.74, 6) is -7.79. The average Bonchev–Trinajstić information content (AvgIpc) is 2.61. The second-order valence-corrected chi connectivity index (χ2v) is 5.91. The van der Waals surface area contributed by atoms with Crippen LogP contribution in [-0.4, -0.2) is 0 Å². The second-order valence-electron chi connectivity index (χ2n) is 5.11. The van der Waals surface area contributed by atoms with E-state index in [2.05, 4.69) is 15.9 Å². The van der Waals surface area contributed by atoms with E-state index in [-0.39, 0.29) is 5.56 Å². The SMILES string of the molecule is N#CC(c1c(F)c(F)c(Br)c(F)c1F)c1cccc2ccccc12. The molecule has 0 bridgehead atoms. The molecule has 120 valence electrons. The van der Waals surface area contributed by atoms with Crippen LogP contribution in [0.2, 0.25) is 0 Å². The van der Waals surface area contributed by atoms with Crippen molar-refractivity contribution >= 4 is 26.7 Å². The summed E-state index contributed by atoms with van der Waals surface area (Å²) in [5.41, 5.74) is -0.665. The number of hydrogen-bond acceptors (Lipinski definition) is 1. The summed E-state index contributed by atoms with van der Waals surface area (Å²) in [4.78, 5) is 0. The molecule has 1 unspecified atom stereocenters. The summed E-state index contributed by atoms with van der Waals surface area (Å²) < 4.78 is 55.2. The maximum absolute atomic E-state index is 14.3. The number of nitrogens with zero attached hydrogens (tertiary/aromatic N) is 1. The van der Waals surface area contributed by atoms with E-state index in [9.17, 15) is 22.8 Å². The lowest BCUT2D eigenvalue weighted by Crippen LogP contribution is -2.10. The highest BCUT2D eigenvalue weighted by Crippen LogP contribution is 2.37. The molecule has 1 atom stereocenters. The maximum Gasteiger partial charge on any atom is 0.176 e. The van der Waals surface area contributed by atoms with Gasteiger partial charge in [0.2, 0.25) is 0 Å². The fraction of sp³-hybridized carbons (Fsp3) is 0.0556. The number of benzene rings is 3. The second kappa shape index (κ2) is 6.25. The molecule has 0 aliphatic heterocycles. The van der Waals surface area contributed by atoms with Crippen molar-refractivity contribution in [1.82, 2.24) is 0 Å². The molecule has 0 spiro atoms. The molecule has 3 rings (SSSR count). The van der Waals surface area contributed by atoms with Crippen LogP contribution >= 0.6 is 15.9 Å². The van der Waals surface area contributed by atoms with Gasteiger partial charge in [0.05, 0.1) is 16.1 Å². The molecule has 0 saturated carbocycles. The van der Waals surface area contributed by atoms with Gasteiger partial charge >= 0.3 is 0 Å². The van der Waals surface area contributed by atoms with Crippen molar-refractivity contribution in [2.45, 2.75) is 5.92 Å². The van der Waals surface area contributed by atoms with Crippen LogP contribution in [-0.2, 0) is 0 Å². The normalized spacial score (nSPS) is 12.2. The van der Waals surface area contributed by atoms with Crippen LogP contribution < -0.4 is 0 Å². The van der Waals surface area contributed by atoms with Gasteiger partial charge in [0.1, 0.15) is 5.92 Å². The van der Waals surface area contributed by atoms with Gasteiger partial charge in [0.25, 0.3) is 0 Å². The average molecular weight is 394 g/mol. The predicted octanol–water partition coefficient (Wildman–Crippen LogP) is 5.81. The number of halogens is 5. The summed E-state index contributed by atoms with van der Waals surface area (Å²) in [5, 5.41) is 10.8. The zero-order valence-electron chi connectivity index (χ0n) is 12.0. The molecular weight excluding hydrogens is 386 g/mol. The lowest BCUT2D eigenvalue weighted by atomic mass is 9.88. The van der Waals surface area contributed by atoms with Gasteiger partial charge in [-0.05, 0) is 32.3 Å². The van der Waals surface area contributed by atoms with E-state index in [0.717, 1.165) is 5.39 Å². The van der Waals surface area contributed by atoms with Gasteiger partial charge < -0.3 is 0 Å². The molecular formula is C18H8BrF4N. The van der Waals surface area contributed by atoms with Gasteiger partial charge in [-0.15, -0.1) is 0 Å². The third-order valence-corrected chi connectivity index (χ3v) is 4.49. The minimum atomic E-state index is -1.58. The van der Waals surface area contributed by atoms with Crippen molar-refractivity contribution in [1.29, 1.82) is 5.26 Å². The summed E-state index contributed by atoms with van der Waals surface area (Å²) in [6.45, 7) is 0. The highest BCUT2D eigenvalue weighted by molar-refractivity contribution is 9.10. The molecule has 0 N–H and O–H groups in total. The van der Waals surface area contributed by atoms with E-state index in [4.69, 9.17) is 0 Å². The van der Waals surface area contributed by atoms with Crippen molar-refractivity contribution in [3.8, 4) is 6.07 Å². The molecule has 0 amide bonds. The van der Waals surface area contributed by atoms with Crippen molar-refractivity contribution in [2.24, 2.45) is 0 Å². The first-order chi connectivity index (χ1) is 11.5. The highest BCUT2D eigenvalue weighted by atomic mass is 79.9. The monoisotopic (exact) mass is 393 g/mol. The first-order valence-corrected chi connectivity index (χ1v) is 7.65. The van der Waals surface area contributed by atoms with E-state index in [1.807, 2.05) is 0 Å². The fourth-order valence-electron chi connectivity index (χ4n) is 2.67.